The Bertz CT molecular complexity index is 260. The van der Waals surface area contributed by atoms with Crippen molar-refractivity contribution < 1.29 is 10.2 Å². The van der Waals surface area contributed by atoms with Gasteiger partial charge in [0, 0.05) is 25.5 Å². The number of hydrogen-bond donors (Lipinski definition) is 2. The van der Waals surface area contributed by atoms with Gasteiger partial charge < -0.3 is 10.2 Å². The van der Waals surface area contributed by atoms with Crippen LogP contribution in [0, 0.1) is 0 Å². The van der Waals surface area contributed by atoms with Crippen molar-refractivity contribution in [3.8, 4) is 0 Å². The highest BCUT2D eigenvalue weighted by Gasteiger charge is 2.05. The number of aromatic nitrogens is 2. The smallest absolute Gasteiger partial charge is 0.0544 e. The standard InChI is InChI=1S/C10H18N2O2/c1-12-9(6-7-11-12)4-5-10(14)3-2-8-13/h6-7,10,13-14H,2-5,8H2,1H3. The summed E-state index contributed by atoms with van der Waals surface area (Å²) < 4.78 is 1.82. The maximum absolute atomic E-state index is 9.53. The van der Waals surface area contributed by atoms with E-state index in [-0.39, 0.29) is 12.7 Å². The van der Waals surface area contributed by atoms with E-state index in [4.69, 9.17) is 5.11 Å². The summed E-state index contributed by atoms with van der Waals surface area (Å²) in [4.78, 5) is 0. The summed E-state index contributed by atoms with van der Waals surface area (Å²) in [5, 5.41) is 22.2. The Labute approximate surface area is 84.2 Å². The highest BCUT2D eigenvalue weighted by molar-refractivity contribution is 4.99. The van der Waals surface area contributed by atoms with Gasteiger partial charge >= 0.3 is 0 Å². The molecule has 0 aliphatic rings. The van der Waals surface area contributed by atoms with Gasteiger partial charge in [0.05, 0.1) is 6.10 Å². The molecule has 4 heteroatoms. The van der Waals surface area contributed by atoms with E-state index >= 15 is 0 Å². The molecule has 0 amide bonds. The van der Waals surface area contributed by atoms with Crippen LogP contribution in [0.25, 0.3) is 0 Å². The molecule has 0 fully saturated rings. The normalized spacial score (nSPS) is 13.1. The molecule has 1 aromatic heterocycles. The number of aliphatic hydroxyl groups is 2. The molecular weight excluding hydrogens is 180 g/mol. The van der Waals surface area contributed by atoms with Gasteiger partial charge in [0.15, 0.2) is 0 Å². The zero-order valence-corrected chi connectivity index (χ0v) is 8.56. The van der Waals surface area contributed by atoms with Gasteiger partial charge in [-0.05, 0) is 31.7 Å². The maximum Gasteiger partial charge on any atom is 0.0544 e. The molecule has 0 aliphatic carbocycles. The van der Waals surface area contributed by atoms with Crippen LogP contribution in [0.1, 0.15) is 25.0 Å². The van der Waals surface area contributed by atoms with E-state index in [1.807, 2.05) is 17.8 Å². The molecule has 4 nitrogen and oxygen atoms in total. The van der Waals surface area contributed by atoms with Crippen LogP contribution in [0.5, 0.6) is 0 Å². The molecule has 0 radical (unpaired) electrons. The molecular formula is C10H18N2O2. The molecule has 0 aliphatic heterocycles. The van der Waals surface area contributed by atoms with Gasteiger partial charge in [-0.3, -0.25) is 4.68 Å². The van der Waals surface area contributed by atoms with E-state index in [0.29, 0.717) is 12.8 Å². The van der Waals surface area contributed by atoms with Crippen LogP contribution < -0.4 is 0 Å². The molecule has 0 saturated carbocycles. The fourth-order valence-electron chi connectivity index (χ4n) is 1.43. The summed E-state index contributed by atoms with van der Waals surface area (Å²) >= 11 is 0. The number of aliphatic hydroxyl groups excluding tert-OH is 2. The summed E-state index contributed by atoms with van der Waals surface area (Å²) in [6.45, 7) is 0.156. The van der Waals surface area contributed by atoms with E-state index < -0.39 is 0 Å². The first-order chi connectivity index (χ1) is 6.74. The average molecular weight is 198 g/mol. The van der Waals surface area contributed by atoms with Crippen molar-refractivity contribution in [3.63, 3.8) is 0 Å². The lowest BCUT2D eigenvalue weighted by molar-refractivity contribution is 0.140. The second-order valence-corrected chi connectivity index (χ2v) is 3.50. The van der Waals surface area contributed by atoms with E-state index in [1.165, 1.54) is 0 Å². The number of aryl methyl sites for hydroxylation is 2. The Hall–Kier alpha value is -0.870. The lowest BCUT2D eigenvalue weighted by Crippen LogP contribution is -2.10. The van der Waals surface area contributed by atoms with Crippen molar-refractivity contribution >= 4 is 0 Å². The minimum absolute atomic E-state index is 0.156. The largest absolute Gasteiger partial charge is 0.396 e. The molecule has 2 N–H and O–H groups in total. The Kier molecular flexibility index (Phi) is 4.62. The van der Waals surface area contributed by atoms with Crippen molar-refractivity contribution in [2.45, 2.75) is 31.8 Å². The summed E-state index contributed by atoms with van der Waals surface area (Å²) in [5.41, 5.74) is 1.13. The highest BCUT2D eigenvalue weighted by atomic mass is 16.3. The fraction of sp³-hybridized carbons (Fsp3) is 0.700. The van der Waals surface area contributed by atoms with Crippen LogP contribution in [-0.2, 0) is 13.5 Å². The zero-order chi connectivity index (χ0) is 10.4. The predicted octanol–water partition coefficient (Wildman–Crippen LogP) is 0.486. The SMILES string of the molecule is Cn1nccc1CCC(O)CCCO. The van der Waals surface area contributed by atoms with Crippen molar-refractivity contribution in [2.24, 2.45) is 7.05 Å². The molecule has 0 spiro atoms. The minimum Gasteiger partial charge on any atom is -0.396 e. The van der Waals surface area contributed by atoms with Gasteiger partial charge in [0.2, 0.25) is 0 Å². The molecule has 14 heavy (non-hydrogen) atoms. The van der Waals surface area contributed by atoms with E-state index in [9.17, 15) is 5.11 Å². The van der Waals surface area contributed by atoms with Gasteiger partial charge in [-0.25, -0.2) is 0 Å². The van der Waals surface area contributed by atoms with Crippen LogP contribution >= 0.6 is 0 Å². The molecule has 0 saturated heterocycles. The van der Waals surface area contributed by atoms with Gasteiger partial charge in [-0.2, -0.15) is 5.10 Å². The maximum atomic E-state index is 9.53. The lowest BCUT2D eigenvalue weighted by Gasteiger charge is -2.09. The third-order valence-electron chi connectivity index (χ3n) is 2.35. The fourth-order valence-corrected chi connectivity index (χ4v) is 1.43. The molecule has 1 atom stereocenters. The Morgan fingerprint density at radius 2 is 2.29 bits per heavy atom. The Balaban J connectivity index is 2.23. The third kappa shape index (κ3) is 3.47. The third-order valence-corrected chi connectivity index (χ3v) is 2.35. The first-order valence-corrected chi connectivity index (χ1v) is 5.00. The molecule has 1 unspecified atom stereocenters. The topological polar surface area (TPSA) is 58.3 Å². The van der Waals surface area contributed by atoms with E-state index in [2.05, 4.69) is 5.10 Å². The van der Waals surface area contributed by atoms with Crippen LogP contribution in [0.15, 0.2) is 12.3 Å². The van der Waals surface area contributed by atoms with Crippen molar-refractivity contribution in [3.05, 3.63) is 18.0 Å². The second kappa shape index (κ2) is 5.78. The Morgan fingerprint density at radius 1 is 1.50 bits per heavy atom. The second-order valence-electron chi connectivity index (χ2n) is 3.50. The van der Waals surface area contributed by atoms with Crippen molar-refractivity contribution in [1.29, 1.82) is 0 Å². The average Bonchev–Trinajstić information content (AvgIpc) is 2.58. The van der Waals surface area contributed by atoms with Crippen molar-refractivity contribution in [1.82, 2.24) is 9.78 Å². The van der Waals surface area contributed by atoms with Crippen LogP contribution in [-0.4, -0.2) is 32.7 Å². The lowest BCUT2D eigenvalue weighted by atomic mass is 10.1. The number of rotatable bonds is 6. The summed E-state index contributed by atoms with van der Waals surface area (Å²) in [7, 11) is 1.90. The molecule has 1 aromatic rings. The quantitative estimate of drug-likeness (QED) is 0.699. The van der Waals surface area contributed by atoms with Gasteiger partial charge in [0.25, 0.3) is 0 Å². The van der Waals surface area contributed by atoms with Crippen LogP contribution in [0.2, 0.25) is 0 Å². The first kappa shape index (κ1) is 11.2. The van der Waals surface area contributed by atoms with Gasteiger partial charge in [0.1, 0.15) is 0 Å². The zero-order valence-electron chi connectivity index (χ0n) is 8.56. The van der Waals surface area contributed by atoms with E-state index in [1.54, 1.807) is 6.20 Å². The molecule has 0 aromatic carbocycles. The summed E-state index contributed by atoms with van der Waals surface area (Å²) in [6.07, 6.45) is 4.37. The van der Waals surface area contributed by atoms with E-state index in [0.717, 1.165) is 18.5 Å². The summed E-state index contributed by atoms with van der Waals surface area (Å²) in [6, 6.07) is 1.96. The van der Waals surface area contributed by atoms with Crippen LogP contribution in [0.3, 0.4) is 0 Å². The monoisotopic (exact) mass is 198 g/mol. The van der Waals surface area contributed by atoms with Gasteiger partial charge in [-0.1, -0.05) is 0 Å². The Morgan fingerprint density at radius 3 is 2.86 bits per heavy atom. The van der Waals surface area contributed by atoms with Crippen molar-refractivity contribution in [2.75, 3.05) is 6.61 Å². The van der Waals surface area contributed by atoms with Gasteiger partial charge in [-0.15, -0.1) is 0 Å². The molecule has 1 rings (SSSR count). The predicted molar refractivity (Wildman–Crippen MR) is 53.9 cm³/mol. The number of hydrogen-bond acceptors (Lipinski definition) is 3. The first-order valence-electron chi connectivity index (χ1n) is 5.00. The summed E-state index contributed by atoms with van der Waals surface area (Å²) in [5.74, 6) is 0. The highest BCUT2D eigenvalue weighted by Crippen LogP contribution is 2.07. The molecule has 1 heterocycles. The molecule has 80 valence electrons. The molecule has 0 bridgehead atoms. The minimum atomic E-state index is -0.308. The van der Waals surface area contributed by atoms with Crippen LogP contribution in [0.4, 0.5) is 0 Å². The number of nitrogens with zero attached hydrogens (tertiary/aromatic N) is 2.